The summed E-state index contributed by atoms with van der Waals surface area (Å²) in [7, 11) is 0. The van der Waals surface area contributed by atoms with Crippen molar-refractivity contribution < 1.29 is 8.81 Å². The average Bonchev–Trinajstić information content (AvgIpc) is 2.76. The molecule has 0 saturated carbocycles. The van der Waals surface area contributed by atoms with Crippen LogP contribution >= 0.6 is 0 Å². The molecule has 0 saturated heterocycles. The van der Waals surface area contributed by atoms with Crippen LogP contribution in [0, 0.1) is 5.82 Å². The van der Waals surface area contributed by atoms with Crippen LogP contribution in [-0.4, -0.2) is 11.0 Å². The standard InChI is InChI=1S/C13H15FN2O/c1-9(2)15-7-12-8-17-13(16-12)10-3-5-11(14)6-4-10/h3-6,8-9,15H,7H2,1-2H3. The van der Waals surface area contributed by atoms with Crippen LogP contribution in [0.15, 0.2) is 34.9 Å². The van der Waals surface area contributed by atoms with Gasteiger partial charge in [0.2, 0.25) is 5.89 Å². The smallest absolute Gasteiger partial charge is 0.226 e. The summed E-state index contributed by atoms with van der Waals surface area (Å²) in [5.41, 5.74) is 1.63. The number of nitrogens with one attached hydrogen (secondary N) is 1. The number of rotatable bonds is 4. The Morgan fingerprint density at radius 1 is 1.29 bits per heavy atom. The fraction of sp³-hybridized carbons (Fsp3) is 0.308. The van der Waals surface area contributed by atoms with Crippen molar-refractivity contribution in [2.24, 2.45) is 0 Å². The van der Waals surface area contributed by atoms with Crippen LogP contribution in [0.4, 0.5) is 4.39 Å². The quantitative estimate of drug-likeness (QED) is 0.883. The van der Waals surface area contributed by atoms with E-state index in [2.05, 4.69) is 24.1 Å². The molecule has 3 nitrogen and oxygen atoms in total. The van der Waals surface area contributed by atoms with Gasteiger partial charge in [0.25, 0.3) is 0 Å². The van der Waals surface area contributed by atoms with E-state index in [4.69, 9.17) is 4.42 Å². The molecule has 0 aliphatic heterocycles. The molecule has 1 N–H and O–H groups in total. The SMILES string of the molecule is CC(C)NCc1coc(-c2ccc(F)cc2)n1. The minimum absolute atomic E-state index is 0.262. The second-order valence-electron chi connectivity index (χ2n) is 4.19. The molecule has 0 radical (unpaired) electrons. The van der Waals surface area contributed by atoms with E-state index in [1.807, 2.05) is 0 Å². The maximum absolute atomic E-state index is 12.8. The zero-order valence-electron chi connectivity index (χ0n) is 9.90. The maximum Gasteiger partial charge on any atom is 0.226 e. The molecule has 2 aromatic rings. The molecule has 1 heterocycles. The lowest BCUT2D eigenvalue weighted by atomic mass is 10.2. The Morgan fingerprint density at radius 3 is 2.65 bits per heavy atom. The molecule has 0 aliphatic rings. The predicted octanol–water partition coefficient (Wildman–Crippen LogP) is 2.98. The second kappa shape index (κ2) is 5.10. The number of nitrogens with zero attached hydrogens (tertiary/aromatic N) is 1. The molecule has 0 spiro atoms. The summed E-state index contributed by atoms with van der Waals surface area (Å²) in [6, 6.07) is 6.50. The van der Waals surface area contributed by atoms with Gasteiger partial charge in [-0.3, -0.25) is 0 Å². The Labute approximate surface area is 99.7 Å². The summed E-state index contributed by atoms with van der Waals surface area (Å²) >= 11 is 0. The summed E-state index contributed by atoms with van der Waals surface area (Å²) in [6.07, 6.45) is 1.62. The van der Waals surface area contributed by atoms with Crippen molar-refractivity contribution in [1.82, 2.24) is 10.3 Å². The molecule has 1 aromatic heterocycles. The first-order chi connectivity index (χ1) is 8.15. The predicted molar refractivity (Wildman–Crippen MR) is 63.9 cm³/mol. The minimum atomic E-state index is -0.262. The van der Waals surface area contributed by atoms with Crippen molar-refractivity contribution in [1.29, 1.82) is 0 Å². The van der Waals surface area contributed by atoms with Crippen molar-refractivity contribution >= 4 is 0 Å². The highest BCUT2D eigenvalue weighted by Crippen LogP contribution is 2.18. The first kappa shape index (κ1) is 11.8. The fourth-order valence-corrected chi connectivity index (χ4v) is 1.42. The van der Waals surface area contributed by atoms with Gasteiger partial charge in [-0.15, -0.1) is 0 Å². The zero-order valence-corrected chi connectivity index (χ0v) is 9.90. The molecule has 0 bridgehead atoms. The number of hydrogen-bond acceptors (Lipinski definition) is 3. The Hall–Kier alpha value is -1.68. The van der Waals surface area contributed by atoms with Gasteiger partial charge in [-0.25, -0.2) is 9.37 Å². The summed E-state index contributed by atoms with van der Waals surface area (Å²) in [6.45, 7) is 4.81. The van der Waals surface area contributed by atoms with Crippen LogP contribution < -0.4 is 5.32 Å². The van der Waals surface area contributed by atoms with Gasteiger partial charge in [-0.2, -0.15) is 0 Å². The van der Waals surface area contributed by atoms with E-state index in [0.717, 1.165) is 11.3 Å². The van der Waals surface area contributed by atoms with E-state index >= 15 is 0 Å². The average molecular weight is 234 g/mol. The second-order valence-corrected chi connectivity index (χ2v) is 4.19. The summed E-state index contributed by atoms with van der Waals surface area (Å²) < 4.78 is 18.1. The Balaban J connectivity index is 2.10. The van der Waals surface area contributed by atoms with Crippen LogP contribution in [0.2, 0.25) is 0 Å². The molecule has 0 aliphatic carbocycles. The first-order valence-electron chi connectivity index (χ1n) is 5.59. The van der Waals surface area contributed by atoms with E-state index in [1.54, 1.807) is 18.4 Å². The molecule has 0 fully saturated rings. The lowest BCUT2D eigenvalue weighted by Crippen LogP contribution is -2.21. The van der Waals surface area contributed by atoms with Gasteiger partial charge >= 0.3 is 0 Å². The summed E-state index contributed by atoms with van der Waals surface area (Å²) in [5, 5.41) is 3.25. The van der Waals surface area contributed by atoms with E-state index in [1.165, 1.54) is 12.1 Å². The van der Waals surface area contributed by atoms with E-state index < -0.39 is 0 Å². The van der Waals surface area contributed by atoms with Crippen LogP contribution in [0.5, 0.6) is 0 Å². The van der Waals surface area contributed by atoms with Gasteiger partial charge in [-0.1, -0.05) is 13.8 Å². The molecule has 0 unspecified atom stereocenters. The normalized spacial score (nSPS) is 11.1. The molecule has 90 valence electrons. The molecule has 0 atom stereocenters. The maximum atomic E-state index is 12.8. The highest BCUT2D eigenvalue weighted by molar-refractivity contribution is 5.52. The molecular weight excluding hydrogens is 219 g/mol. The lowest BCUT2D eigenvalue weighted by molar-refractivity contribution is 0.560. The molecule has 1 aromatic carbocycles. The van der Waals surface area contributed by atoms with E-state index in [-0.39, 0.29) is 5.82 Å². The minimum Gasteiger partial charge on any atom is -0.444 e. The fourth-order valence-electron chi connectivity index (χ4n) is 1.42. The largest absolute Gasteiger partial charge is 0.444 e. The van der Waals surface area contributed by atoms with Crippen molar-refractivity contribution in [2.75, 3.05) is 0 Å². The third kappa shape index (κ3) is 3.14. The summed E-state index contributed by atoms with van der Waals surface area (Å²) in [5.74, 6) is 0.257. The number of halogens is 1. The van der Waals surface area contributed by atoms with Crippen LogP contribution in [0.1, 0.15) is 19.5 Å². The highest BCUT2D eigenvalue weighted by atomic mass is 19.1. The Bertz CT molecular complexity index is 476. The summed E-state index contributed by atoms with van der Waals surface area (Å²) in [4.78, 5) is 4.33. The molecule has 2 rings (SSSR count). The highest BCUT2D eigenvalue weighted by Gasteiger charge is 2.06. The third-order valence-corrected chi connectivity index (χ3v) is 2.33. The molecular formula is C13H15FN2O. The van der Waals surface area contributed by atoms with Crippen molar-refractivity contribution in [2.45, 2.75) is 26.4 Å². The van der Waals surface area contributed by atoms with Crippen LogP contribution in [-0.2, 0) is 6.54 Å². The molecule has 4 heteroatoms. The topological polar surface area (TPSA) is 38.1 Å². The van der Waals surface area contributed by atoms with Gasteiger partial charge in [0.1, 0.15) is 12.1 Å². The number of aromatic nitrogens is 1. The molecule has 0 amide bonds. The lowest BCUT2D eigenvalue weighted by Gasteiger charge is -2.04. The number of oxazole rings is 1. The van der Waals surface area contributed by atoms with E-state index in [9.17, 15) is 4.39 Å². The van der Waals surface area contributed by atoms with Crippen molar-refractivity contribution in [3.05, 3.63) is 42.0 Å². The first-order valence-corrected chi connectivity index (χ1v) is 5.59. The van der Waals surface area contributed by atoms with E-state index in [0.29, 0.717) is 18.5 Å². The van der Waals surface area contributed by atoms with Crippen molar-refractivity contribution in [3.8, 4) is 11.5 Å². The van der Waals surface area contributed by atoms with Crippen molar-refractivity contribution in [3.63, 3.8) is 0 Å². The van der Waals surface area contributed by atoms with Crippen LogP contribution in [0.3, 0.4) is 0 Å². The zero-order chi connectivity index (χ0) is 12.3. The third-order valence-electron chi connectivity index (χ3n) is 2.33. The van der Waals surface area contributed by atoms with Crippen LogP contribution in [0.25, 0.3) is 11.5 Å². The van der Waals surface area contributed by atoms with Gasteiger partial charge < -0.3 is 9.73 Å². The number of hydrogen-bond donors (Lipinski definition) is 1. The van der Waals surface area contributed by atoms with Gasteiger partial charge in [0.05, 0.1) is 5.69 Å². The molecule has 17 heavy (non-hydrogen) atoms. The Kier molecular flexibility index (Phi) is 3.54. The Morgan fingerprint density at radius 2 is 2.00 bits per heavy atom. The van der Waals surface area contributed by atoms with Gasteiger partial charge in [-0.05, 0) is 24.3 Å². The number of benzene rings is 1. The van der Waals surface area contributed by atoms with Gasteiger partial charge in [0, 0.05) is 18.2 Å². The monoisotopic (exact) mass is 234 g/mol. The van der Waals surface area contributed by atoms with Gasteiger partial charge in [0.15, 0.2) is 0 Å².